The van der Waals surface area contributed by atoms with E-state index in [1.165, 1.54) is 22.0 Å². The van der Waals surface area contributed by atoms with Crippen LogP contribution in [0.15, 0.2) is 48.7 Å². The Labute approximate surface area is 182 Å². The van der Waals surface area contributed by atoms with Gasteiger partial charge in [-0.3, -0.25) is 9.69 Å². The minimum Gasteiger partial charge on any atom is -0.361 e. The van der Waals surface area contributed by atoms with Crippen molar-refractivity contribution in [2.45, 2.75) is 45.6 Å². The molecule has 4 aromatic rings. The van der Waals surface area contributed by atoms with Crippen molar-refractivity contribution in [2.75, 3.05) is 13.1 Å². The third kappa shape index (κ3) is 4.15. The molecule has 0 spiro atoms. The van der Waals surface area contributed by atoms with Gasteiger partial charge in [0.1, 0.15) is 11.6 Å². The van der Waals surface area contributed by atoms with Crippen LogP contribution < -0.4 is 0 Å². The van der Waals surface area contributed by atoms with Gasteiger partial charge in [0.25, 0.3) is 0 Å². The van der Waals surface area contributed by atoms with E-state index in [9.17, 15) is 4.79 Å². The zero-order valence-corrected chi connectivity index (χ0v) is 18.3. The summed E-state index contributed by atoms with van der Waals surface area (Å²) in [7, 11) is 0. The fraction of sp³-hybridized carbons (Fsp3) is 0.385. The van der Waals surface area contributed by atoms with Gasteiger partial charge in [-0.25, -0.2) is 4.98 Å². The van der Waals surface area contributed by atoms with E-state index in [4.69, 9.17) is 4.98 Å². The van der Waals surface area contributed by atoms with Gasteiger partial charge in [0.15, 0.2) is 0 Å². The predicted octanol–water partition coefficient (Wildman–Crippen LogP) is 5.33. The van der Waals surface area contributed by atoms with Crippen molar-refractivity contribution >= 4 is 27.7 Å². The van der Waals surface area contributed by atoms with Crippen molar-refractivity contribution in [2.24, 2.45) is 5.92 Å². The molecule has 0 saturated carbocycles. The molecule has 0 amide bonds. The molecule has 2 N–H and O–H groups in total. The fourth-order valence-electron chi connectivity index (χ4n) is 4.86. The first-order valence-electron chi connectivity index (χ1n) is 11.3. The summed E-state index contributed by atoms with van der Waals surface area (Å²) in [5.41, 5.74) is 5.78. The van der Waals surface area contributed by atoms with Crippen LogP contribution in [-0.2, 0) is 11.3 Å². The molecule has 5 nitrogen and oxygen atoms in total. The molecule has 3 heterocycles. The van der Waals surface area contributed by atoms with Crippen molar-refractivity contribution in [3.8, 4) is 0 Å². The number of carbonyl (C=O) groups excluding carboxylic acids is 1. The van der Waals surface area contributed by atoms with Crippen LogP contribution in [-0.4, -0.2) is 38.7 Å². The number of imidazole rings is 1. The third-order valence-electron chi connectivity index (χ3n) is 6.74. The number of Topliss-reactive ketones (excluding diaryl/α,β-unsaturated/α-hetero) is 1. The van der Waals surface area contributed by atoms with Crippen molar-refractivity contribution in [3.63, 3.8) is 0 Å². The van der Waals surface area contributed by atoms with E-state index in [-0.39, 0.29) is 11.8 Å². The largest absolute Gasteiger partial charge is 0.361 e. The molecule has 2 aromatic carbocycles. The maximum absolute atomic E-state index is 13.0. The molecular formula is C26H30N4O. The predicted molar refractivity (Wildman–Crippen MR) is 125 cm³/mol. The number of aromatic amines is 2. The highest BCUT2D eigenvalue weighted by Gasteiger charge is 2.27. The monoisotopic (exact) mass is 414 g/mol. The molecule has 1 fully saturated rings. The van der Waals surface area contributed by atoms with Crippen LogP contribution in [0.3, 0.4) is 0 Å². The number of hydrogen-bond acceptors (Lipinski definition) is 3. The summed E-state index contributed by atoms with van der Waals surface area (Å²) in [4.78, 5) is 27.0. The van der Waals surface area contributed by atoms with Gasteiger partial charge in [-0.05, 0) is 62.2 Å². The highest BCUT2D eigenvalue weighted by Crippen LogP contribution is 2.27. The van der Waals surface area contributed by atoms with E-state index in [1.54, 1.807) is 0 Å². The molecule has 2 aromatic heterocycles. The summed E-state index contributed by atoms with van der Waals surface area (Å²) in [6.45, 7) is 7.09. The second kappa shape index (κ2) is 8.31. The fourth-order valence-corrected chi connectivity index (χ4v) is 4.86. The number of aromatic nitrogens is 3. The number of nitrogens with one attached hydrogen (secondary N) is 2. The molecule has 1 unspecified atom stereocenters. The molecule has 5 heteroatoms. The van der Waals surface area contributed by atoms with Crippen LogP contribution in [0.25, 0.3) is 21.9 Å². The number of benzene rings is 2. The normalized spacial score (nSPS) is 16.8. The highest BCUT2D eigenvalue weighted by atomic mass is 16.1. The molecule has 160 valence electrons. The Hall–Kier alpha value is -2.92. The molecule has 1 aliphatic rings. The van der Waals surface area contributed by atoms with Crippen LogP contribution in [0.2, 0.25) is 0 Å². The van der Waals surface area contributed by atoms with E-state index in [0.717, 1.165) is 49.3 Å². The minimum atomic E-state index is 0.115. The molecule has 0 radical (unpaired) electrons. The van der Waals surface area contributed by atoms with Crippen molar-refractivity contribution in [1.82, 2.24) is 19.9 Å². The Bertz CT molecular complexity index is 1210. The lowest BCUT2D eigenvalue weighted by Gasteiger charge is -2.31. The van der Waals surface area contributed by atoms with Crippen LogP contribution in [0.1, 0.15) is 49.1 Å². The van der Waals surface area contributed by atoms with E-state index in [1.807, 2.05) is 6.07 Å². The Morgan fingerprint density at radius 1 is 1.16 bits per heavy atom. The maximum Gasteiger partial charge on any atom is 0.136 e. The number of ketones is 1. The Morgan fingerprint density at radius 3 is 2.81 bits per heavy atom. The minimum absolute atomic E-state index is 0.115. The average molecular weight is 415 g/mol. The van der Waals surface area contributed by atoms with Gasteiger partial charge in [0, 0.05) is 41.9 Å². The van der Waals surface area contributed by atoms with Crippen molar-refractivity contribution < 1.29 is 4.79 Å². The second-order valence-corrected chi connectivity index (χ2v) is 9.12. The number of hydrogen-bond donors (Lipinski definition) is 2. The standard InChI is InChI=1S/C26H30N4O/c1-17-7-8-23-24(13-17)29-26(28-23)18(2)14-25(31)19-9-11-30(12-10-19)16-20-15-27-22-6-4-3-5-21(20)22/h3-8,13,15,18-19,27H,9-12,14,16H2,1-2H3,(H,28,29). The number of para-hydroxylation sites is 1. The Kier molecular flexibility index (Phi) is 5.36. The summed E-state index contributed by atoms with van der Waals surface area (Å²) >= 11 is 0. The summed E-state index contributed by atoms with van der Waals surface area (Å²) in [5.74, 6) is 1.60. The molecule has 5 rings (SSSR count). The molecule has 1 saturated heterocycles. The number of aryl methyl sites for hydroxylation is 1. The number of nitrogens with zero attached hydrogens (tertiary/aromatic N) is 2. The number of rotatable bonds is 6. The number of H-pyrrole nitrogens is 2. The van der Waals surface area contributed by atoms with E-state index in [2.05, 4.69) is 71.3 Å². The van der Waals surface area contributed by atoms with E-state index in [0.29, 0.717) is 12.2 Å². The van der Waals surface area contributed by atoms with Crippen LogP contribution in [0.5, 0.6) is 0 Å². The number of fused-ring (bicyclic) bond motifs is 2. The topological polar surface area (TPSA) is 64.8 Å². The summed E-state index contributed by atoms with van der Waals surface area (Å²) in [5, 5.41) is 1.30. The average Bonchev–Trinajstić information content (AvgIpc) is 3.38. The molecule has 0 bridgehead atoms. The van der Waals surface area contributed by atoms with Crippen LogP contribution in [0.4, 0.5) is 0 Å². The molecule has 31 heavy (non-hydrogen) atoms. The van der Waals surface area contributed by atoms with Gasteiger partial charge < -0.3 is 9.97 Å². The van der Waals surface area contributed by atoms with E-state index < -0.39 is 0 Å². The van der Waals surface area contributed by atoms with Gasteiger partial charge in [0.05, 0.1) is 11.0 Å². The van der Waals surface area contributed by atoms with Crippen LogP contribution in [0, 0.1) is 12.8 Å². The summed E-state index contributed by atoms with van der Waals surface area (Å²) in [6.07, 6.45) is 4.59. The number of likely N-dealkylation sites (tertiary alicyclic amines) is 1. The Morgan fingerprint density at radius 2 is 1.97 bits per heavy atom. The molecule has 1 atom stereocenters. The zero-order chi connectivity index (χ0) is 21.4. The first kappa shape index (κ1) is 20.0. The van der Waals surface area contributed by atoms with Crippen molar-refractivity contribution in [1.29, 1.82) is 0 Å². The lowest BCUT2D eigenvalue weighted by molar-refractivity contribution is -0.124. The van der Waals surface area contributed by atoms with Gasteiger partial charge in [-0.1, -0.05) is 31.2 Å². The van der Waals surface area contributed by atoms with Gasteiger partial charge >= 0.3 is 0 Å². The molecular weight excluding hydrogens is 384 g/mol. The van der Waals surface area contributed by atoms with Crippen molar-refractivity contribution in [3.05, 3.63) is 65.6 Å². The molecule has 0 aliphatic carbocycles. The lowest BCUT2D eigenvalue weighted by Crippen LogP contribution is -2.36. The smallest absolute Gasteiger partial charge is 0.136 e. The summed E-state index contributed by atoms with van der Waals surface area (Å²) in [6, 6.07) is 14.7. The zero-order valence-electron chi connectivity index (χ0n) is 18.3. The maximum atomic E-state index is 13.0. The van der Waals surface area contributed by atoms with Gasteiger partial charge in [-0.15, -0.1) is 0 Å². The number of carbonyl (C=O) groups is 1. The first-order chi connectivity index (χ1) is 15.1. The highest BCUT2D eigenvalue weighted by molar-refractivity contribution is 5.83. The lowest BCUT2D eigenvalue weighted by atomic mass is 9.87. The first-order valence-corrected chi connectivity index (χ1v) is 11.3. The Balaban J connectivity index is 1.17. The molecule has 1 aliphatic heterocycles. The van der Waals surface area contributed by atoms with E-state index >= 15 is 0 Å². The quantitative estimate of drug-likeness (QED) is 0.448. The third-order valence-corrected chi connectivity index (χ3v) is 6.74. The second-order valence-electron chi connectivity index (χ2n) is 9.12. The SMILES string of the molecule is Cc1ccc2nc(C(C)CC(=O)C3CCN(Cc4c[nH]c5ccccc45)CC3)[nH]c2c1. The van der Waals surface area contributed by atoms with Gasteiger partial charge in [-0.2, -0.15) is 0 Å². The summed E-state index contributed by atoms with van der Waals surface area (Å²) < 4.78 is 0. The van der Waals surface area contributed by atoms with Crippen LogP contribution >= 0.6 is 0 Å². The number of piperidine rings is 1. The van der Waals surface area contributed by atoms with Gasteiger partial charge in [0.2, 0.25) is 0 Å².